The summed E-state index contributed by atoms with van der Waals surface area (Å²) < 4.78 is 41.7. The molecule has 0 bridgehead atoms. The van der Waals surface area contributed by atoms with Crippen molar-refractivity contribution in [2.24, 2.45) is 5.41 Å². The van der Waals surface area contributed by atoms with E-state index in [9.17, 15) is 18.0 Å². The van der Waals surface area contributed by atoms with Crippen LogP contribution >= 0.6 is 11.3 Å². The van der Waals surface area contributed by atoms with Crippen molar-refractivity contribution in [2.75, 3.05) is 32.9 Å². The number of hydrogen-bond donors (Lipinski definition) is 0. The third-order valence-electron chi connectivity index (χ3n) is 5.11. The quantitative estimate of drug-likeness (QED) is 0.827. The first-order valence-corrected chi connectivity index (χ1v) is 9.08. The molecule has 1 atom stereocenters. The first-order valence-electron chi connectivity index (χ1n) is 8.20. The zero-order valence-electron chi connectivity index (χ0n) is 13.7. The van der Waals surface area contributed by atoms with Crippen molar-refractivity contribution in [3.05, 3.63) is 16.1 Å². The van der Waals surface area contributed by atoms with Gasteiger partial charge in [0.15, 0.2) is 0 Å². The Morgan fingerprint density at radius 1 is 1.33 bits per heavy atom. The average Bonchev–Trinajstić information content (AvgIpc) is 3.11. The van der Waals surface area contributed by atoms with Gasteiger partial charge < -0.3 is 4.90 Å². The standard InChI is InChI=1S/C16H22F3N3OS/c1-12-20-13(9-24-12)8-21-6-3-15(10-21)11-22(14(23)2-5-17)7-4-16(15,18)19/h9H,2-8,10-11H2,1H3. The predicted molar refractivity (Wildman–Crippen MR) is 85.9 cm³/mol. The van der Waals surface area contributed by atoms with E-state index in [0.29, 0.717) is 19.5 Å². The van der Waals surface area contributed by atoms with Crippen LogP contribution in [0.4, 0.5) is 13.2 Å². The Hall–Kier alpha value is -1.15. The van der Waals surface area contributed by atoms with Crippen LogP contribution in [0, 0.1) is 12.3 Å². The Morgan fingerprint density at radius 2 is 2.12 bits per heavy atom. The van der Waals surface area contributed by atoms with E-state index in [1.54, 1.807) is 11.3 Å². The lowest BCUT2D eigenvalue weighted by atomic mass is 9.75. The molecule has 1 amide bonds. The lowest BCUT2D eigenvalue weighted by Crippen LogP contribution is -2.58. The molecule has 2 fully saturated rings. The van der Waals surface area contributed by atoms with Gasteiger partial charge in [0.25, 0.3) is 5.92 Å². The van der Waals surface area contributed by atoms with Crippen LogP contribution in [-0.4, -0.2) is 59.5 Å². The number of carbonyl (C=O) groups excluding carboxylic acids is 1. The number of hydrogen-bond acceptors (Lipinski definition) is 4. The summed E-state index contributed by atoms with van der Waals surface area (Å²) in [6.07, 6.45) is -0.208. The van der Waals surface area contributed by atoms with E-state index in [4.69, 9.17) is 0 Å². The van der Waals surface area contributed by atoms with Gasteiger partial charge in [-0.3, -0.25) is 14.1 Å². The Kier molecular flexibility index (Phi) is 4.88. The van der Waals surface area contributed by atoms with E-state index in [1.165, 1.54) is 4.90 Å². The lowest BCUT2D eigenvalue weighted by molar-refractivity contribution is -0.171. The largest absolute Gasteiger partial charge is 0.342 e. The van der Waals surface area contributed by atoms with E-state index in [2.05, 4.69) is 4.98 Å². The molecule has 134 valence electrons. The number of aryl methyl sites for hydroxylation is 1. The molecule has 1 aromatic heterocycles. The van der Waals surface area contributed by atoms with Crippen LogP contribution in [0.2, 0.25) is 0 Å². The van der Waals surface area contributed by atoms with E-state index in [1.807, 2.05) is 17.2 Å². The van der Waals surface area contributed by atoms with Crippen LogP contribution in [-0.2, 0) is 11.3 Å². The van der Waals surface area contributed by atoms with Crippen molar-refractivity contribution in [1.29, 1.82) is 0 Å². The molecular formula is C16H22F3N3OS. The molecule has 1 unspecified atom stereocenters. The second-order valence-electron chi connectivity index (χ2n) is 6.81. The molecule has 1 aromatic rings. The molecule has 24 heavy (non-hydrogen) atoms. The number of piperidine rings is 1. The van der Waals surface area contributed by atoms with Gasteiger partial charge in [0, 0.05) is 38.0 Å². The first kappa shape index (κ1) is 17.7. The van der Waals surface area contributed by atoms with E-state index < -0.39 is 18.0 Å². The fourth-order valence-corrected chi connectivity index (χ4v) is 4.39. The van der Waals surface area contributed by atoms with Gasteiger partial charge in [0.1, 0.15) is 0 Å². The second-order valence-corrected chi connectivity index (χ2v) is 7.87. The number of amides is 1. The highest BCUT2D eigenvalue weighted by Crippen LogP contribution is 2.49. The highest BCUT2D eigenvalue weighted by molar-refractivity contribution is 7.09. The zero-order chi connectivity index (χ0) is 17.4. The summed E-state index contributed by atoms with van der Waals surface area (Å²) in [5.74, 6) is -3.16. The van der Waals surface area contributed by atoms with Gasteiger partial charge in [-0.2, -0.15) is 0 Å². The topological polar surface area (TPSA) is 36.4 Å². The van der Waals surface area contributed by atoms with E-state index in [-0.39, 0.29) is 38.4 Å². The molecule has 0 saturated carbocycles. The summed E-state index contributed by atoms with van der Waals surface area (Å²) in [6.45, 7) is 2.58. The van der Waals surface area contributed by atoms with Crippen LogP contribution in [0.25, 0.3) is 0 Å². The van der Waals surface area contributed by atoms with Crippen LogP contribution in [0.1, 0.15) is 30.0 Å². The number of rotatable bonds is 4. The number of carbonyl (C=O) groups is 1. The average molecular weight is 361 g/mol. The fraction of sp³-hybridized carbons (Fsp3) is 0.750. The molecule has 1 spiro atoms. The molecule has 8 heteroatoms. The summed E-state index contributed by atoms with van der Waals surface area (Å²) in [6, 6.07) is 0. The maximum Gasteiger partial charge on any atom is 0.258 e. The monoisotopic (exact) mass is 361 g/mol. The van der Waals surface area contributed by atoms with Gasteiger partial charge in [0.05, 0.1) is 29.2 Å². The molecule has 2 saturated heterocycles. The van der Waals surface area contributed by atoms with Gasteiger partial charge in [-0.1, -0.05) is 0 Å². The Balaban J connectivity index is 1.71. The summed E-state index contributed by atoms with van der Waals surface area (Å²) in [7, 11) is 0. The van der Waals surface area contributed by atoms with Gasteiger partial charge >= 0.3 is 0 Å². The van der Waals surface area contributed by atoms with E-state index in [0.717, 1.165) is 10.7 Å². The van der Waals surface area contributed by atoms with Gasteiger partial charge in [0.2, 0.25) is 5.91 Å². The highest BCUT2D eigenvalue weighted by atomic mass is 32.1. The van der Waals surface area contributed by atoms with Crippen LogP contribution < -0.4 is 0 Å². The maximum absolute atomic E-state index is 14.7. The van der Waals surface area contributed by atoms with Crippen LogP contribution in [0.5, 0.6) is 0 Å². The van der Waals surface area contributed by atoms with Crippen molar-refractivity contribution in [3.8, 4) is 0 Å². The Bertz CT molecular complexity index is 609. The van der Waals surface area contributed by atoms with Crippen molar-refractivity contribution in [1.82, 2.24) is 14.8 Å². The van der Waals surface area contributed by atoms with Crippen LogP contribution in [0.15, 0.2) is 5.38 Å². The fourth-order valence-electron chi connectivity index (χ4n) is 3.78. The minimum absolute atomic E-state index is 0.0128. The SMILES string of the molecule is Cc1nc(CN2CCC3(C2)CN(C(=O)CCF)CCC3(F)F)cs1. The summed E-state index contributed by atoms with van der Waals surface area (Å²) in [5, 5.41) is 2.92. The predicted octanol–water partition coefficient (Wildman–Crippen LogP) is 2.87. The Labute approximate surface area is 143 Å². The first-order chi connectivity index (χ1) is 11.4. The Morgan fingerprint density at radius 3 is 2.79 bits per heavy atom. The third kappa shape index (κ3) is 3.31. The molecular weight excluding hydrogens is 339 g/mol. The number of alkyl halides is 3. The number of halogens is 3. The number of thiazole rings is 1. The molecule has 2 aliphatic rings. The molecule has 2 aliphatic heterocycles. The third-order valence-corrected chi connectivity index (χ3v) is 5.93. The molecule has 3 heterocycles. The zero-order valence-corrected chi connectivity index (χ0v) is 14.5. The molecule has 0 N–H and O–H groups in total. The minimum Gasteiger partial charge on any atom is -0.342 e. The number of aromatic nitrogens is 1. The normalized spacial score (nSPS) is 27.1. The second kappa shape index (κ2) is 6.63. The van der Waals surface area contributed by atoms with Gasteiger partial charge in [-0.25, -0.2) is 13.8 Å². The van der Waals surface area contributed by atoms with Crippen molar-refractivity contribution in [3.63, 3.8) is 0 Å². The maximum atomic E-state index is 14.7. The molecule has 0 aliphatic carbocycles. The van der Waals surface area contributed by atoms with E-state index >= 15 is 0 Å². The number of likely N-dealkylation sites (tertiary alicyclic amines) is 2. The summed E-state index contributed by atoms with van der Waals surface area (Å²) in [5.41, 5.74) is -0.318. The van der Waals surface area contributed by atoms with Crippen LogP contribution in [0.3, 0.4) is 0 Å². The number of nitrogens with zero attached hydrogens (tertiary/aromatic N) is 3. The van der Waals surface area contributed by atoms with Gasteiger partial charge in [-0.15, -0.1) is 11.3 Å². The van der Waals surface area contributed by atoms with Crippen molar-refractivity contribution < 1.29 is 18.0 Å². The molecule has 3 rings (SSSR count). The smallest absolute Gasteiger partial charge is 0.258 e. The minimum atomic E-state index is -2.80. The van der Waals surface area contributed by atoms with Crippen molar-refractivity contribution >= 4 is 17.2 Å². The summed E-state index contributed by atoms with van der Waals surface area (Å²) in [4.78, 5) is 19.8. The molecule has 0 aromatic carbocycles. The molecule has 4 nitrogen and oxygen atoms in total. The summed E-state index contributed by atoms with van der Waals surface area (Å²) >= 11 is 1.55. The van der Waals surface area contributed by atoms with Crippen molar-refractivity contribution in [2.45, 2.75) is 38.7 Å². The lowest BCUT2D eigenvalue weighted by Gasteiger charge is -2.46. The van der Waals surface area contributed by atoms with Gasteiger partial charge in [-0.05, 0) is 19.9 Å². The molecule has 0 radical (unpaired) electrons. The highest BCUT2D eigenvalue weighted by Gasteiger charge is 2.59.